The molecule has 0 aliphatic heterocycles. The molecular formula is C21H18F2N2O3S. The first kappa shape index (κ1) is 20.5. The van der Waals surface area contributed by atoms with E-state index < -0.39 is 21.7 Å². The maximum atomic E-state index is 13.2. The van der Waals surface area contributed by atoms with Gasteiger partial charge >= 0.3 is 0 Å². The van der Waals surface area contributed by atoms with Crippen LogP contribution in [0.2, 0.25) is 0 Å². The minimum absolute atomic E-state index is 0.0973. The zero-order valence-electron chi connectivity index (χ0n) is 15.2. The van der Waals surface area contributed by atoms with Crippen molar-refractivity contribution < 1.29 is 22.0 Å². The number of rotatable bonds is 7. The monoisotopic (exact) mass is 416 g/mol. The molecule has 29 heavy (non-hydrogen) atoms. The molecule has 0 aromatic heterocycles. The molecule has 0 saturated heterocycles. The van der Waals surface area contributed by atoms with Crippen molar-refractivity contribution in [3.8, 4) is 0 Å². The summed E-state index contributed by atoms with van der Waals surface area (Å²) in [4.78, 5) is 12.4. The lowest BCUT2D eigenvalue weighted by Crippen LogP contribution is -2.27. The number of amides is 1. The first-order valence-electron chi connectivity index (χ1n) is 8.75. The minimum Gasteiger partial charge on any atom is -0.352 e. The van der Waals surface area contributed by atoms with E-state index in [0.717, 1.165) is 29.8 Å². The van der Waals surface area contributed by atoms with Crippen molar-refractivity contribution in [3.63, 3.8) is 0 Å². The van der Waals surface area contributed by atoms with E-state index in [0.29, 0.717) is 6.42 Å². The number of carbonyl (C=O) groups excluding carboxylic acids is 1. The second-order valence-corrected chi connectivity index (χ2v) is 7.92. The standard InChI is InChI=1S/C21H18F2N2O3S/c22-16-8-10-18(11-9-16)29(27,28)25-20-7-2-1-6-19(20)21(26)24-13-12-15-4-3-5-17(23)14-15/h1-11,14,25H,12-13H2,(H,24,26). The third kappa shape index (κ3) is 5.39. The van der Waals surface area contributed by atoms with Crippen LogP contribution in [0.15, 0.2) is 77.7 Å². The summed E-state index contributed by atoms with van der Waals surface area (Å²) >= 11 is 0. The fourth-order valence-corrected chi connectivity index (χ4v) is 3.78. The van der Waals surface area contributed by atoms with Gasteiger partial charge in [0.2, 0.25) is 0 Å². The average Bonchev–Trinajstić information content (AvgIpc) is 2.68. The van der Waals surface area contributed by atoms with Gasteiger partial charge in [-0.1, -0.05) is 24.3 Å². The molecule has 3 aromatic rings. The Kier molecular flexibility index (Phi) is 6.23. The summed E-state index contributed by atoms with van der Waals surface area (Å²) in [7, 11) is -3.99. The van der Waals surface area contributed by atoms with Gasteiger partial charge in [-0.15, -0.1) is 0 Å². The number of hydrogen-bond donors (Lipinski definition) is 2. The van der Waals surface area contributed by atoms with E-state index in [4.69, 9.17) is 0 Å². The van der Waals surface area contributed by atoms with Gasteiger partial charge in [-0.3, -0.25) is 9.52 Å². The van der Waals surface area contributed by atoms with Gasteiger partial charge in [-0.25, -0.2) is 17.2 Å². The van der Waals surface area contributed by atoms with Gasteiger partial charge in [0.1, 0.15) is 11.6 Å². The van der Waals surface area contributed by atoms with E-state index in [-0.39, 0.29) is 28.5 Å². The Bertz CT molecular complexity index is 1120. The van der Waals surface area contributed by atoms with Crippen molar-refractivity contribution in [2.24, 2.45) is 0 Å². The first-order valence-corrected chi connectivity index (χ1v) is 10.2. The molecule has 0 saturated carbocycles. The highest BCUT2D eigenvalue weighted by atomic mass is 32.2. The van der Waals surface area contributed by atoms with Crippen molar-refractivity contribution in [3.05, 3.63) is 95.6 Å². The van der Waals surface area contributed by atoms with Crippen molar-refractivity contribution in [2.45, 2.75) is 11.3 Å². The number of sulfonamides is 1. The number of anilines is 1. The SMILES string of the molecule is O=C(NCCc1cccc(F)c1)c1ccccc1NS(=O)(=O)c1ccc(F)cc1. The second-order valence-electron chi connectivity index (χ2n) is 6.24. The number of halogens is 2. The lowest BCUT2D eigenvalue weighted by atomic mass is 10.1. The van der Waals surface area contributed by atoms with Crippen LogP contribution in [0.1, 0.15) is 15.9 Å². The second kappa shape index (κ2) is 8.83. The van der Waals surface area contributed by atoms with Crippen LogP contribution in [-0.4, -0.2) is 20.9 Å². The summed E-state index contributed by atoms with van der Waals surface area (Å²) in [5, 5.41) is 2.69. The van der Waals surface area contributed by atoms with Crippen molar-refractivity contribution in [1.29, 1.82) is 0 Å². The molecule has 0 radical (unpaired) electrons. The molecule has 5 nitrogen and oxygen atoms in total. The highest BCUT2D eigenvalue weighted by Gasteiger charge is 2.18. The highest BCUT2D eigenvalue weighted by Crippen LogP contribution is 2.20. The van der Waals surface area contributed by atoms with Crippen LogP contribution in [0.4, 0.5) is 14.5 Å². The van der Waals surface area contributed by atoms with Crippen LogP contribution in [0.5, 0.6) is 0 Å². The normalized spacial score (nSPS) is 11.1. The van der Waals surface area contributed by atoms with Gasteiger partial charge in [0.05, 0.1) is 16.1 Å². The Morgan fingerprint density at radius 1 is 0.862 bits per heavy atom. The Morgan fingerprint density at radius 2 is 1.59 bits per heavy atom. The van der Waals surface area contributed by atoms with E-state index in [1.54, 1.807) is 24.3 Å². The van der Waals surface area contributed by atoms with Gasteiger partial charge in [0, 0.05) is 6.54 Å². The molecule has 0 atom stereocenters. The molecule has 0 aliphatic carbocycles. The smallest absolute Gasteiger partial charge is 0.261 e. The van der Waals surface area contributed by atoms with E-state index >= 15 is 0 Å². The Hall–Kier alpha value is -3.26. The molecule has 150 valence electrons. The molecule has 3 rings (SSSR count). The fourth-order valence-electron chi connectivity index (χ4n) is 2.70. The first-order chi connectivity index (χ1) is 13.8. The quantitative estimate of drug-likeness (QED) is 0.616. The largest absolute Gasteiger partial charge is 0.352 e. The minimum atomic E-state index is -3.99. The van der Waals surface area contributed by atoms with Crippen LogP contribution >= 0.6 is 0 Å². The Morgan fingerprint density at radius 3 is 2.31 bits per heavy atom. The van der Waals surface area contributed by atoms with Gasteiger partial charge in [-0.2, -0.15) is 0 Å². The molecule has 1 amide bonds. The van der Waals surface area contributed by atoms with Crippen LogP contribution in [-0.2, 0) is 16.4 Å². The topological polar surface area (TPSA) is 75.3 Å². The zero-order chi connectivity index (χ0) is 20.9. The molecule has 8 heteroatoms. The molecule has 0 unspecified atom stereocenters. The molecule has 0 spiro atoms. The summed E-state index contributed by atoms with van der Waals surface area (Å²) in [6, 6.07) is 16.6. The van der Waals surface area contributed by atoms with Gasteiger partial charge in [-0.05, 0) is 60.5 Å². The van der Waals surface area contributed by atoms with Crippen LogP contribution in [0, 0.1) is 11.6 Å². The lowest BCUT2D eigenvalue weighted by molar-refractivity contribution is 0.0955. The summed E-state index contributed by atoms with van der Waals surface area (Å²) in [6.07, 6.45) is 0.424. The average molecular weight is 416 g/mol. The number of para-hydroxylation sites is 1. The third-order valence-corrected chi connectivity index (χ3v) is 5.51. The van der Waals surface area contributed by atoms with Crippen LogP contribution in [0.25, 0.3) is 0 Å². The predicted molar refractivity (Wildman–Crippen MR) is 106 cm³/mol. The van der Waals surface area contributed by atoms with Gasteiger partial charge in [0.25, 0.3) is 15.9 Å². The number of hydrogen-bond acceptors (Lipinski definition) is 3. The molecule has 3 aromatic carbocycles. The third-order valence-electron chi connectivity index (χ3n) is 4.13. The van der Waals surface area contributed by atoms with E-state index in [2.05, 4.69) is 10.0 Å². The fraction of sp³-hybridized carbons (Fsp3) is 0.0952. The van der Waals surface area contributed by atoms with Gasteiger partial charge < -0.3 is 5.32 Å². The lowest BCUT2D eigenvalue weighted by Gasteiger charge is -2.13. The van der Waals surface area contributed by atoms with E-state index in [1.807, 2.05) is 0 Å². The molecule has 0 fully saturated rings. The Balaban J connectivity index is 1.71. The van der Waals surface area contributed by atoms with Crippen LogP contribution < -0.4 is 10.0 Å². The van der Waals surface area contributed by atoms with E-state index in [1.165, 1.54) is 24.3 Å². The maximum absolute atomic E-state index is 13.2. The summed E-state index contributed by atoms with van der Waals surface area (Å²) < 4.78 is 53.7. The summed E-state index contributed by atoms with van der Waals surface area (Å²) in [6.45, 7) is 0.251. The number of nitrogens with one attached hydrogen (secondary N) is 2. The molecule has 2 N–H and O–H groups in total. The Labute approximate surface area is 167 Å². The predicted octanol–water partition coefficient (Wildman–Crippen LogP) is 3.74. The molecule has 0 bridgehead atoms. The maximum Gasteiger partial charge on any atom is 0.261 e. The molecule has 0 heterocycles. The van der Waals surface area contributed by atoms with Gasteiger partial charge in [0.15, 0.2) is 0 Å². The summed E-state index contributed by atoms with van der Waals surface area (Å²) in [5.74, 6) is -1.38. The van der Waals surface area contributed by atoms with Crippen molar-refractivity contribution in [1.82, 2.24) is 5.32 Å². The number of benzene rings is 3. The highest BCUT2D eigenvalue weighted by molar-refractivity contribution is 7.92. The zero-order valence-corrected chi connectivity index (χ0v) is 16.0. The van der Waals surface area contributed by atoms with E-state index in [9.17, 15) is 22.0 Å². The number of carbonyl (C=O) groups is 1. The molecular weight excluding hydrogens is 398 g/mol. The van der Waals surface area contributed by atoms with Crippen molar-refractivity contribution in [2.75, 3.05) is 11.3 Å². The van der Waals surface area contributed by atoms with Crippen molar-refractivity contribution >= 4 is 21.6 Å². The van der Waals surface area contributed by atoms with Crippen LogP contribution in [0.3, 0.4) is 0 Å². The summed E-state index contributed by atoms with van der Waals surface area (Å²) in [5.41, 5.74) is 0.966. The molecule has 0 aliphatic rings.